The number of rotatable bonds is 10. The molecule has 0 atom stereocenters. The zero-order valence-electron chi connectivity index (χ0n) is 18.0. The zero-order chi connectivity index (χ0) is 23.8. The highest BCUT2D eigenvalue weighted by Gasteiger charge is 2.23. The van der Waals surface area contributed by atoms with Crippen molar-refractivity contribution in [2.75, 3.05) is 20.3 Å². The summed E-state index contributed by atoms with van der Waals surface area (Å²) < 4.78 is 44.0. The molecule has 0 radical (unpaired) electrons. The van der Waals surface area contributed by atoms with Crippen molar-refractivity contribution < 1.29 is 42.1 Å². The van der Waals surface area contributed by atoms with Gasteiger partial charge in [0.2, 0.25) is 5.78 Å². The molecule has 0 spiro atoms. The molecule has 0 unspecified atom stereocenters. The van der Waals surface area contributed by atoms with E-state index < -0.39 is 30.9 Å². The van der Waals surface area contributed by atoms with Crippen LogP contribution in [0, 0.1) is 13.8 Å². The van der Waals surface area contributed by atoms with Gasteiger partial charge < -0.3 is 23.9 Å². The molecule has 0 aliphatic carbocycles. The van der Waals surface area contributed by atoms with Crippen molar-refractivity contribution in [3.05, 3.63) is 52.4 Å². The molecule has 0 saturated heterocycles. The lowest BCUT2D eigenvalue weighted by Gasteiger charge is -2.10. The van der Waals surface area contributed by atoms with Crippen molar-refractivity contribution >= 4 is 23.8 Å². The number of aromatic amines is 1. The lowest BCUT2D eigenvalue weighted by atomic mass is 10.1. The van der Waals surface area contributed by atoms with E-state index in [0.29, 0.717) is 16.8 Å². The van der Waals surface area contributed by atoms with Crippen LogP contribution in [0.5, 0.6) is 11.5 Å². The quantitative estimate of drug-likeness (QED) is 0.332. The van der Waals surface area contributed by atoms with E-state index in [0.717, 1.165) is 6.08 Å². The minimum atomic E-state index is -3.00. The molecule has 0 aliphatic rings. The second-order valence-electron chi connectivity index (χ2n) is 6.50. The van der Waals surface area contributed by atoms with Gasteiger partial charge in [-0.1, -0.05) is 6.07 Å². The number of nitrogens with one attached hydrogen (secondary N) is 1. The Balaban J connectivity index is 2.01. The van der Waals surface area contributed by atoms with Gasteiger partial charge in [-0.2, -0.15) is 8.78 Å². The third-order valence-electron chi connectivity index (χ3n) is 4.36. The summed E-state index contributed by atoms with van der Waals surface area (Å²) in [6.45, 7) is 1.56. The Morgan fingerprint density at radius 2 is 1.84 bits per heavy atom. The molecule has 8 nitrogen and oxygen atoms in total. The van der Waals surface area contributed by atoms with Crippen LogP contribution in [0.3, 0.4) is 0 Å². The van der Waals surface area contributed by atoms with E-state index in [2.05, 4.69) is 9.72 Å². The summed E-state index contributed by atoms with van der Waals surface area (Å²) in [5.74, 6) is -1.94. The van der Waals surface area contributed by atoms with Gasteiger partial charge in [0.25, 0.3) is 0 Å². The van der Waals surface area contributed by atoms with Gasteiger partial charge in [0.15, 0.2) is 18.1 Å². The third-order valence-corrected chi connectivity index (χ3v) is 4.36. The number of aromatic nitrogens is 1. The average Bonchev–Trinajstić information content (AvgIpc) is 3.05. The predicted octanol–water partition coefficient (Wildman–Crippen LogP) is 3.86. The topological polar surface area (TPSA) is 104 Å². The van der Waals surface area contributed by atoms with Crippen LogP contribution in [-0.4, -0.2) is 49.6 Å². The van der Waals surface area contributed by atoms with Crippen LogP contribution in [0.15, 0.2) is 24.3 Å². The Bertz CT molecular complexity index is 1030. The molecule has 0 saturated carbocycles. The van der Waals surface area contributed by atoms with Gasteiger partial charge in [-0.25, -0.2) is 9.59 Å². The molecule has 1 aromatic heterocycles. The maximum atomic E-state index is 12.4. The first-order valence-corrected chi connectivity index (χ1v) is 9.55. The van der Waals surface area contributed by atoms with Crippen molar-refractivity contribution in [2.45, 2.75) is 27.4 Å². The zero-order valence-corrected chi connectivity index (χ0v) is 18.0. The fourth-order valence-electron chi connectivity index (χ4n) is 2.94. The standard InChI is InChI=1S/C22H23F2NO7/c1-5-30-21(28)19-12(2)20(25-13(19)3)15(26)11-31-18(27)9-7-14-6-8-16(32-22(23)24)17(10-14)29-4/h6-10,22,25H,5,11H2,1-4H3. The fourth-order valence-corrected chi connectivity index (χ4v) is 2.94. The van der Waals surface area contributed by atoms with Gasteiger partial charge in [0.05, 0.1) is 25.0 Å². The molecule has 1 heterocycles. The second-order valence-corrected chi connectivity index (χ2v) is 6.50. The van der Waals surface area contributed by atoms with Crippen LogP contribution in [-0.2, 0) is 14.3 Å². The van der Waals surface area contributed by atoms with Gasteiger partial charge in [0.1, 0.15) is 0 Å². The van der Waals surface area contributed by atoms with Crippen LogP contribution in [0.25, 0.3) is 6.08 Å². The monoisotopic (exact) mass is 451 g/mol. The SMILES string of the molecule is CCOC(=O)c1c(C)[nH]c(C(=O)COC(=O)C=Cc2ccc(OC(F)F)c(OC)c2)c1C. The van der Waals surface area contributed by atoms with E-state index in [1.807, 2.05) is 0 Å². The van der Waals surface area contributed by atoms with Crippen LogP contribution >= 0.6 is 0 Å². The molecular formula is C22H23F2NO7. The number of H-pyrrole nitrogens is 1. The number of benzene rings is 1. The van der Waals surface area contributed by atoms with Crippen LogP contribution in [0.1, 0.15) is 44.6 Å². The number of esters is 2. The van der Waals surface area contributed by atoms with Crippen molar-refractivity contribution in [2.24, 2.45) is 0 Å². The van der Waals surface area contributed by atoms with Crippen LogP contribution < -0.4 is 9.47 Å². The summed E-state index contributed by atoms with van der Waals surface area (Å²) in [6, 6.07) is 4.11. The second kappa shape index (κ2) is 11.1. The smallest absolute Gasteiger partial charge is 0.387 e. The van der Waals surface area contributed by atoms with Gasteiger partial charge >= 0.3 is 18.6 Å². The Hall–Kier alpha value is -3.69. The normalized spacial score (nSPS) is 11.0. The molecule has 10 heteroatoms. The first kappa shape index (κ1) is 24.6. The van der Waals surface area contributed by atoms with Crippen molar-refractivity contribution in [3.8, 4) is 11.5 Å². The number of hydrogen-bond donors (Lipinski definition) is 1. The number of aryl methyl sites for hydroxylation is 1. The third kappa shape index (κ3) is 6.16. The predicted molar refractivity (Wildman–Crippen MR) is 110 cm³/mol. The molecule has 32 heavy (non-hydrogen) atoms. The number of alkyl halides is 2. The first-order valence-electron chi connectivity index (χ1n) is 9.55. The minimum Gasteiger partial charge on any atom is -0.493 e. The molecule has 1 N–H and O–H groups in total. The summed E-state index contributed by atoms with van der Waals surface area (Å²) in [5.41, 5.74) is 1.78. The largest absolute Gasteiger partial charge is 0.493 e. The number of halogens is 2. The van der Waals surface area contributed by atoms with Gasteiger partial charge in [-0.15, -0.1) is 0 Å². The van der Waals surface area contributed by atoms with Crippen molar-refractivity contribution in [1.82, 2.24) is 4.98 Å². The average molecular weight is 451 g/mol. The highest BCUT2D eigenvalue weighted by Crippen LogP contribution is 2.29. The summed E-state index contributed by atoms with van der Waals surface area (Å²) in [7, 11) is 1.29. The maximum Gasteiger partial charge on any atom is 0.387 e. The minimum absolute atomic E-state index is 0.0611. The van der Waals surface area contributed by atoms with E-state index in [9.17, 15) is 23.2 Å². The van der Waals surface area contributed by atoms with E-state index >= 15 is 0 Å². The highest BCUT2D eigenvalue weighted by atomic mass is 19.3. The fraction of sp³-hybridized carbons (Fsp3) is 0.318. The Morgan fingerprint density at radius 1 is 1.12 bits per heavy atom. The molecule has 0 bridgehead atoms. The Morgan fingerprint density at radius 3 is 2.47 bits per heavy atom. The lowest BCUT2D eigenvalue weighted by molar-refractivity contribution is -0.136. The summed E-state index contributed by atoms with van der Waals surface area (Å²) in [4.78, 5) is 39.2. The number of hydrogen-bond acceptors (Lipinski definition) is 7. The summed E-state index contributed by atoms with van der Waals surface area (Å²) in [6.07, 6.45) is 2.44. The summed E-state index contributed by atoms with van der Waals surface area (Å²) >= 11 is 0. The van der Waals surface area contributed by atoms with E-state index in [4.69, 9.17) is 14.2 Å². The number of carbonyl (C=O) groups excluding carboxylic acids is 3. The number of methoxy groups -OCH3 is 1. The molecule has 0 amide bonds. The number of carbonyl (C=O) groups is 3. The van der Waals surface area contributed by atoms with Gasteiger partial charge in [-0.3, -0.25) is 4.79 Å². The van der Waals surface area contributed by atoms with Crippen molar-refractivity contribution in [1.29, 1.82) is 0 Å². The highest BCUT2D eigenvalue weighted by molar-refractivity contribution is 6.03. The first-order chi connectivity index (χ1) is 15.2. The molecule has 0 fully saturated rings. The number of ketones is 1. The van der Waals surface area contributed by atoms with Gasteiger partial charge in [0, 0.05) is 11.8 Å². The number of ether oxygens (including phenoxy) is 4. The van der Waals surface area contributed by atoms with E-state index in [1.165, 1.54) is 31.4 Å². The van der Waals surface area contributed by atoms with Crippen LogP contribution in [0.4, 0.5) is 8.78 Å². The molecule has 1 aromatic carbocycles. The lowest BCUT2D eigenvalue weighted by Crippen LogP contribution is -2.14. The number of Topliss-reactive ketones (excluding diaryl/α,β-unsaturated/α-hetero) is 1. The summed E-state index contributed by atoms with van der Waals surface area (Å²) in [5, 5.41) is 0. The van der Waals surface area contributed by atoms with Crippen molar-refractivity contribution in [3.63, 3.8) is 0 Å². The Kier molecular flexibility index (Phi) is 8.51. The van der Waals surface area contributed by atoms with E-state index in [1.54, 1.807) is 20.8 Å². The molecule has 2 rings (SSSR count). The molecule has 172 valence electrons. The van der Waals surface area contributed by atoms with Crippen LogP contribution in [0.2, 0.25) is 0 Å². The maximum absolute atomic E-state index is 12.4. The van der Waals surface area contributed by atoms with E-state index in [-0.39, 0.29) is 29.4 Å². The van der Waals surface area contributed by atoms with Gasteiger partial charge in [-0.05, 0) is 50.1 Å². The molecule has 0 aliphatic heterocycles. The molecular weight excluding hydrogens is 428 g/mol. The molecule has 2 aromatic rings. The Labute approximate surface area is 183 Å².